The van der Waals surface area contributed by atoms with Crippen LogP contribution >= 0.6 is 11.8 Å². The molecule has 0 bridgehead atoms. The maximum atomic E-state index is 4.76. The van der Waals surface area contributed by atoms with Crippen molar-refractivity contribution in [1.82, 2.24) is 10.2 Å². The molecule has 112 valence electrons. The Morgan fingerprint density at radius 1 is 1.32 bits per heavy atom. The minimum absolute atomic E-state index is 0.274. The Morgan fingerprint density at radius 2 is 1.95 bits per heavy atom. The van der Waals surface area contributed by atoms with E-state index in [-0.39, 0.29) is 5.41 Å². The van der Waals surface area contributed by atoms with Crippen molar-refractivity contribution in [3.63, 3.8) is 0 Å². The molecular formula is C15H31N3S. The third-order valence-electron chi connectivity index (χ3n) is 4.04. The van der Waals surface area contributed by atoms with Gasteiger partial charge in [-0.05, 0) is 37.8 Å². The topological polar surface area (TPSA) is 27.6 Å². The Bertz CT molecular complexity index is 307. The number of hydrogen-bond acceptors (Lipinski definition) is 4. The zero-order valence-corrected chi connectivity index (χ0v) is 14.4. The minimum Gasteiger partial charge on any atom is -0.364 e. The molecule has 0 radical (unpaired) electrons. The van der Waals surface area contributed by atoms with Gasteiger partial charge in [-0.15, -0.1) is 0 Å². The summed E-state index contributed by atoms with van der Waals surface area (Å²) in [6.45, 7) is 12.3. The van der Waals surface area contributed by atoms with Gasteiger partial charge in [0.2, 0.25) is 0 Å². The lowest BCUT2D eigenvalue weighted by Gasteiger charge is -2.35. The van der Waals surface area contributed by atoms with Crippen LogP contribution in [0.15, 0.2) is 4.99 Å². The highest BCUT2D eigenvalue weighted by molar-refractivity contribution is 8.13. The van der Waals surface area contributed by atoms with Crippen molar-refractivity contribution in [3.05, 3.63) is 0 Å². The SMILES string of the molecule is CCC1(CC)CN=C(NCC(C)(C)CN(C)C)SC1. The molecule has 1 aliphatic heterocycles. The predicted molar refractivity (Wildman–Crippen MR) is 88.1 cm³/mol. The standard InChI is InChI=1S/C15H31N3S/c1-7-15(8-2)10-17-13(19-12-15)16-9-14(3,4)11-18(5)6/h7-12H2,1-6H3,(H,16,17). The number of nitrogens with one attached hydrogen (secondary N) is 1. The maximum Gasteiger partial charge on any atom is 0.156 e. The van der Waals surface area contributed by atoms with Crippen LogP contribution in [0.5, 0.6) is 0 Å². The van der Waals surface area contributed by atoms with Crippen LogP contribution in [0.4, 0.5) is 0 Å². The Hall–Kier alpha value is -0.220. The molecule has 0 aromatic carbocycles. The first-order valence-electron chi connectivity index (χ1n) is 7.38. The van der Waals surface area contributed by atoms with Crippen LogP contribution < -0.4 is 5.32 Å². The number of aliphatic imine (C=N–C) groups is 1. The quantitative estimate of drug-likeness (QED) is 0.813. The minimum atomic E-state index is 0.274. The fourth-order valence-electron chi connectivity index (χ4n) is 2.56. The van der Waals surface area contributed by atoms with Gasteiger partial charge in [-0.1, -0.05) is 39.5 Å². The van der Waals surface area contributed by atoms with E-state index in [0.29, 0.717) is 5.41 Å². The van der Waals surface area contributed by atoms with Gasteiger partial charge in [-0.2, -0.15) is 0 Å². The molecule has 1 N–H and O–H groups in total. The molecule has 1 heterocycles. The molecule has 3 nitrogen and oxygen atoms in total. The van der Waals surface area contributed by atoms with Crippen LogP contribution in [0.1, 0.15) is 40.5 Å². The number of nitrogens with zero attached hydrogens (tertiary/aromatic N) is 2. The van der Waals surface area contributed by atoms with Gasteiger partial charge in [0.15, 0.2) is 5.17 Å². The molecule has 0 aromatic heterocycles. The molecule has 0 fully saturated rings. The van der Waals surface area contributed by atoms with Crippen LogP contribution in [0, 0.1) is 10.8 Å². The maximum absolute atomic E-state index is 4.76. The largest absolute Gasteiger partial charge is 0.364 e. The van der Waals surface area contributed by atoms with E-state index in [1.54, 1.807) is 0 Å². The summed E-state index contributed by atoms with van der Waals surface area (Å²) in [5.74, 6) is 1.21. The van der Waals surface area contributed by atoms with Gasteiger partial charge in [0, 0.05) is 25.4 Å². The molecule has 0 atom stereocenters. The highest BCUT2D eigenvalue weighted by Gasteiger charge is 2.30. The Kier molecular flexibility index (Phi) is 6.18. The Morgan fingerprint density at radius 3 is 2.37 bits per heavy atom. The summed E-state index contributed by atoms with van der Waals surface area (Å²) in [5, 5.41) is 4.68. The summed E-state index contributed by atoms with van der Waals surface area (Å²) in [4.78, 5) is 7.01. The average Bonchev–Trinajstić information content (AvgIpc) is 2.36. The number of amidine groups is 1. The van der Waals surface area contributed by atoms with Gasteiger partial charge >= 0.3 is 0 Å². The predicted octanol–water partition coefficient (Wildman–Crippen LogP) is 3.07. The van der Waals surface area contributed by atoms with E-state index >= 15 is 0 Å². The molecule has 1 aliphatic rings. The monoisotopic (exact) mass is 285 g/mol. The molecule has 0 aliphatic carbocycles. The first-order chi connectivity index (χ1) is 8.82. The summed E-state index contributed by atoms with van der Waals surface area (Å²) < 4.78 is 0. The van der Waals surface area contributed by atoms with E-state index in [9.17, 15) is 0 Å². The Balaban J connectivity index is 2.46. The lowest BCUT2D eigenvalue weighted by molar-refractivity contribution is 0.241. The zero-order chi connectivity index (χ0) is 14.5. The zero-order valence-electron chi connectivity index (χ0n) is 13.5. The van der Waals surface area contributed by atoms with Crippen LogP contribution in [-0.4, -0.2) is 49.6 Å². The van der Waals surface area contributed by atoms with Crippen LogP contribution in [-0.2, 0) is 0 Å². The average molecular weight is 286 g/mol. The normalized spacial score (nSPS) is 19.4. The van der Waals surface area contributed by atoms with E-state index in [4.69, 9.17) is 4.99 Å². The molecule has 19 heavy (non-hydrogen) atoms. The van der Waals surface area contributed by atoms with Gasteiger partial charge < -0.3 is 10.2 Å². The number of thioether (sulfide) groups is 1. The summed E-state index contributed by atoms with van der Waals surface area (Å²) in [5.41, 5.74) is 0.714. The van der Waals surface area contributed by atoms with Crippen molar-refractivity contribution in [3.8, 4) is 0 Å². The van der Waals surface area contributed by atoms with Crippen molar-refractivity contribution in [1.29, 1.82) is 0 Å². The fraction of sp³-hybridized carbons (Fsp3) is 0.933. The Labute approximate surface area is 123 Å². The van der Waals surface area contributed by atoms with E-state index in [0.717, 1.165) is 24.8 Å². The van der Waals surface area contributed by atoms with Gasteiger partial charge in [-0.3, -0.25) is 4.99 Å². The summed E-state index contributed by atoms with van der Waals surface area (Å²) in [6.07, 6.45) is 2.47. The molecule has 0 unspecified atom stereocenters. The van der Waals surface area contributed by atoms with E-state index in [1.165, 1.54) is 18.6 Å². The number of rotatable bonds is 6. The molecule has 0 amide bonds. The first-order valence-corrected chi connectivity index (χ1v) is 8.37. The summed E-state index contributed by atoms with van der Waals surface area (Å²) in [7, 11) is 4.26. The highest BCUT2D eigenvalue weighted by atomic mass is 32.2. The smallest absolute Gasteiger partial charge is 0.156 e. The van der Waals surface area contributed by atoms with Crippen LogP contribution in [0.2, 0.25) is 0 Å². The molecular weight excluding hydrogens is 254 g/mol. The third-order valence-corrected chi connectivity index (χ3v) is 5.34. The molecule has 4 heteroatoms. The van der Waals surface area contributed by atoms with Crippen LogP contribution in [0.3, 0.4) is 0 Å². The van der Waals surface area contributed by atoms with Gasteiger partial charge in [-0.25, -0.2) is 0 Å². The van der Waals surface area contributed by atoms with Crippen molar-refractivity contribution >= 4 is 16.9 Å². The van der Waals surface area contributed by atoms with Gasteiger partial charge in [0.1, 0.15) is 0 Å². The molecule has 0 aromatic rings. The summed E-state index contributed by atoms with van der Waals surface area (Å²) in [6, 6.07) is 0. The second kappa shape index (κ2) is 6.98. The van der Waals surface area contributed by atoms with Gasteiger partial charge in [0.05, 0.1) is 0 Å². The lowest BCUT2D eigenvalue weighted by Crippen LogP contribution is -2.41. The van der Waals surface area contributed by atoms with Crippen molar-refractivity contribution in [2.45, 2.75) is 40.5 Å². The molecule has 1 rings (SSSR count). The van der Waals surface area contributed by atoms with Crippen LogP contribution in [0.25, 0.3) is 0 Å². The fourth-order valence-corrected chi connectivity index (χ4v) is 3.84. The lowest BCUT2D eigenvalue weighted by atomic mass is 9.84. The molecule has 0 saturated carbocycles. The van der Waals surface area contributed by atoms with E-state index in [1.807, 2.05) is 11.8 Å². The van der Waals surface area contributed by atoms with Gasteiger partial charge in [0.25, 0.3) is 0 Å². The third kappa shape index (κ3) is 5.35. The first kappa shape index (κ1) is 16.8. The molecule has 0 spiro atoms. The number of hydrogen-bond donors (Lipinski definition) is 1. The van der Waals surface area contributed by atoms with E-state index < -0.39 is 0 Å². The second-order valence-electron chi connectivity index (χ2n) is 6.87. The van der Waals surface area contributed by atoms with Crippen molar-refractivity contribution < 1.29 is 0 Å². The molecule has 0 saturated heterocycles. The summed E-state index contributed by atoms with van der Waals surface area (Å²) >= 11 is 1.90. The second-order valence-corrected chi connectivity index (χ2v) is 7.84. The highest BCUT2D eigenvalue weighted by Crippen LogP contribution is 2.34. The van der Waals surface area contributed by atoms with E-state index in [2.05, 4.69) is 52.0 Å². The van der Waals surface area contributed by atoms with Crippen molar-refractivity contribution in [2.75, 3.05) is 39.5 Å². The van der Waals surface area contributed by atoms with Crippen molar-refractivity contribution in [2.24, 2.45) is 15.8 Å².